The number of aliphatic carboxylic acids is 1. The van der Waals surface area contributed by atoms with Crippen molar-refractivity contribution >= 4 is 5.97 Å². The predicted molar refractivity (Wildman–Crippen MR) is 131 cm³/mol. The maximum atomic E-state index is 11.1. The van der Waals surface area contributed by atoms with Crippen LogP contribution in [-0.4, -0.2) is 37.5 Å². The highest BCUT2D eigenvalue weighted by Crippen LogP contribution is 2.28. The molecule has 0 radical (unpaired) electrons. The van der Waals surface area contributed by atoms with Crippen LogP contribution in [0.1, 0.15) is 17.5 Å². The zero-order valence-corrected chi connectivity index (χ0v) is 19.3. The molecule has 0 amide bonds. The van der Waals surface area contributed by atoms with Crippen molar-refractivity contribution in [1.82, 2.24) is 0 Å². The number of carboxylic acid groups (broad SMARTS) is 1. The van der Waals surface area contributed by atoms with Gasteiger partial charge in [0.1, 0.15) is 23.0 Å². The van der Waals surface area contributed by atoms with Gasteiger partial charge in [-0.05, 0) is 54.4 Å². The lowest BCUT2D eigenvalue weighted by atomic mass is 10.1. The minimum absolute atomic E-state index is 0.308. The van der Waals surface area contributed by atoms with Crippen molar-refractivity contribution in [2.24, 2.45) is 0 Å². The van der Waals surface area contributed by atoms with Crippen molar-refractivity contribution < 1.29 is 28.8 Å². The molecule has 3 aromatic rings. The average molecular weight is 463 g/mol. The lowest BCUT2D eigenvalue weighted by Crippen LogP contribution is -2.24. The Morgan fingerprint density at radius 3 is 2.32 bits per heavy atom. The number of benzene rings is 3. The van der Waals surface area contributed by atoms with E-state index in [4.69, 9.17) is 24.1 Å². The third kappa shape index (κ3) is 7.67. The Bertz CT molecular complexity index is 1050. The van der Waals surface area contributed by atoms with Crippen LogP contribution < -0.4 is 14.2 Å². The topological polar surface area (TPSA) is 74.2 Å². The summed E-state index contributed by atoms with van der Waals surface area (Å²) in [5, 5.41) is 9.09. The Morgan fingerprint density at radius 1 is 0.941 bits per heavy atom. The molecule has 0 bridgehead atoms. The van der Waals surface area contributed by atoms with Gasteiger partial charge in [-0.15, -0.1) is 6.58 Å². The van der Waals surface area contributed by atoms with Crippen LogP contribution in [0, 0.1) is 0 Å². The molecule has 0 aliphatic heterocycles. The fourth-order valence-corrected chi connectivity index (χ4v) is 3.34. The van der Waals surface area contributed by atoms with Crippen LogP contribution >= 0.6 is 0 Å². The van der Waals surface area contributed by atoms with Crippen LogP contribution in [-0.2, 0) is 22.4 Å². The summed E-state index contributed by atoms with van der Waals surface area (Å²) in [6.45, 7) is 4.85. The molecular formula is C28H30O6. The summed E-state index contributed by atoms with van der Waals surface area (Å²) in [6, 6.07) is 22.8. The fourth-order valence-electron chi connectivity index (χ4n) is 3.34. The lowest BCUT2D eigenvalue weighted by Gasteiger charge is -2.14. The van der Waals surface area contributed by atoms with Gasteiger partial charge in [-0.3, -0.25) is 0 Å². The molecule has 3 rings (SSSR count). The third-order valence-electron chi connectivity index (χ3n) is 5.09. The van der Waals surface area contributed by atoms with Gasteiger partial charge in [0.25, 0.3) is 0 Å². The second-order valence-electron chi connectivity index (χ2n) is 7.64. The monoisotopic (exact) mass is 462 g/mol. The Kier molecular flexibility index (Phi) is 9.55. The van der Waals surface area contributed by atoms with Crippen LogP contribution in [0.5, 0.6) is 23.0 Å². The first kappa shape index (κ1) is 24.9. The number of carbonyl (C=O) groups is 1. The van der Waals surface area contributed by atoms with E-state index in [1.54, 1.807) is 0 Å². The number of carboxylic acids is 1. The van der Waals surface area contributed by atoms with E-state index in [0.29, 0.717) is 32.5 Å². The first-order valence-corrected chi connectivity index (χ1v) is 11.2. The molecule has 6 heteroatoms. The molecule has 178 valence electrons. The van der Waals surface area contributed by atoms with Gasteiger partial charge in [0.2, 0.25) is 0 Å². The number of allylic oxidation sites excluding steroid dienone is 1. The molecule has 34 heavy (non-hydrogen) atoms. The summed E-state index contributed by atoms with van der Waals surface area (Å²) in [7, 11) is 1.39. The first-order chi connectivity index (χ1) is 16.6. The number of hydrogen-bond acceptors (Lipinski definition) is 5. The smallest absolute Gasteiger partial charge is 0.333 e. The maximum absolute atomic E-state index is 11.1. The van der Waals surface area contributed by atoms with Crippen molar-refractivity contribution in [1.29, 1.82) is 0 Å². The molecule has 0 heterocycles. The fraction of sp³-hybridized carbons (Fsp3) is 0.250. The summed E-state index contributed by atoms with van der Waals surface area (Å²) in [4.78, 5) is 11.1. The molecule has 0 aromatic heterocycles. The molecule has 0 saturated carbocycles. The van der Waals surface area contributed by atoms with Crippen molar-refractivity contribution in [3.8, 4) is 23.0 Å². The van der Waals surface area contributed by atoms with Gasteiger partial charge < -0.3 is 24.1 Å². The SMILES string of the molecule is C=CCc1cc(Oc2ccccc2)ccc1OCCCOc1ccc(C[C@H](OC)C(=O)O)cc1. The van der Waals surface area contributed by atoms with Gasteiger partial charge in [0, 0.05) is 25.5 Å². The molecule has 0 saturated heterocycles. The highest BCUT2D eigenvalue weighted by Gasteiger charge is 2.16. The van der Waals surface area contributed by atoms with Crippen LogP contribution in [0.15, 0.2) is 85.5 Å². The van der Waals surface area contributed by atoms with E-state index in [9.17, 15) is 4.79 Å². The summed E-state index contributed by atoms with van der Waals surface area (Å²) in [6.07, 6.45) is 2.68. The zero-order chi connectivity index (χ0) is 24.2. The van der Waals surface area contributed by atoms with Gasteiger partial charge in [-0.25, -0.2) is 4.79 Å². The summed E-state index contributed by atoms with van der Waals surface area (Å²) in [5.74, 6) is 2.09. The van der Waals surface area contributed by atoms with Gasteiger partial charge in [-0.2, -0.15) is 0 Å². The van der Waals surface area contributed by atoms with Crippen LogP contribution in [0.2, 0.25) is 0 Å². The zero-order valence-electron chi connectivity index (χ0n) is 19.3. The van der Waals surface area contributed by atoms with E-state index in [1.165, 1.54) is 7.11 Å². The molecule has 1 N–H and O–H groups in total. The average Bonchev–Trinajstić information content (AvgIpc) is 2.85. The summed E-state index contributed by atoms with van der Waals surface area (Å²) < 4.78 is 22.6. The standard InChI is InChI=1S/C28H30O6/c1-3-8-22-20-25(34-24-9-5-4-6-10-24)15-16-26(22)33-18-7-17-32-23-13-11-21(12-14-23)19-27(31-2)28(29)30/h3-6,9-16,20,27H,1,7-8,17-19H2,2H3,(H,29,30)/t27-/m0/s1. The van der Waals surface area contributed by atoms with E-state index in [0.717, 1.165) is 34.1 Å². The second kappa shape index (κ2) is 13.1. The highest BCUT2D eigenvalue weighted by molar-refractivity contribution is 5.72. The normalized spacial score (nSPS) is 11.4. The quantitative estimate of drug-likeness (QED) is 0.245. The molecule has 0 fully saturated rings. The molecule has 0 spiro atoms. The Morgan fingerprint density at radius 2 is 1.65 bits per heavy atom. The molecule has 6 nitrogen and oxygen atoms in total. The minimum atomic E-state index is -0.975. The van der Waals surface area contributed by atoms with Crippen molar-refractivity contribution in [3.05, 3.63) is 96.6 Å². The summed E-state index contributed by atoms with van der Waals surface area (Å²) >= 11 is 0. The van der Waals surface area contributed by atoms with Crippen molar-refractivity contribution in [2.75, 3.05) is 20.3 Å². The van der Waals surface area contributed by atoms with E-state index in [1.807, 2.05) is 78.9 Å². The first-order valence-electron chi connectivity index (χ1n) is 11.2. The predicted octanol–water partition coefficient (Wildman–Crippen LogP) is 5.70. The number of para-hydroxylation sites is 1. The Labute approximate surface area is 200 Å². The Balaban J connectivity index is 1.45. The van der Waals surface area contributed by atoms with Crippen LogP contribution in [0.25, 0.3) is 0 Å². The lowest BCUT2D eigenvalue weighted by molar-refractivity contribution is -0.148. The Hall–Kier alpha value is -3.77. The second-order valence-corrected chi connectivity index (χ2v) is 7.64. The van der Waals surface area contributed by atoms with Crippen molar-refractivity contribution in [3.63, 3.8) is 0 Å². The maximum Gasteiger partial charge on any atom is 0.333 e. The van der Waals surface area contributed by atoms with E-state index >= 15 is 0 Å². The molecule has 0 aliphatic carbocycles. The molecule has 1 atom stereocenters. The molecular weight excluding hydrogens is 432 g/mol. The van der Waals surface area contributed by atoms with E-state index < -0.39 is 12.1 Å². The number of hydrogen-bond donors (Lipinski definition) is 1. The molecule has 0 aliphatic rings. The molecule has 3 aromatic carbocycles. The highest BCUT2D eigenvalue weighted by atomic mass is 16.5. The third-order valence-corrected chi connectivity index (χ3v) is 5.09. The van der Waals surface area contributed by atoms with Gasteiger partial charge in [0.15, 0.2) is 6.10 Å². The van der Waals surface area contributed by atoms with Gasteiger partial charge >= 0.3 is 5.97 Å². The largest absolute Gasteiger partial charge is 0.493 e. The number of ether oxygens (including phenoxy) is 4. The van der Waals surface area contributed by atoms with Crippen molar-refractivity contribution in [2.45, 2.75) is 25.4 Å². The van der Waals surface area contributed by atoms with E-state index in [-0.39, 0.29) is 0 Å². The summed E-state index contributed by atoms with van der Waals surface area (Å²) in [5.41, 5.74) is 1.88. The van der Waals surface area contributed by atoms with E-state index in [2.05, 4.69) is 6.58 Å². The minimum Gasteiger partial charge on any atom is -0.493 e. The van der Waals surface area contributed by atoms with Gasteiger partial charge in [0.05, 0.1) is 13.2 Å². The number of rotatable bonds is 14. The number of methoxy groups -OCH3 is 1. The van der Waals surface area contributed by atoms with Crippen LogP contribution in [0.3, 0.4) is 0 Å². The van der Waals surface area contributed by atoms with Crippen LogP contribution in [0.4, 0.5) is 0 Å². The van der Waals surface area contributed by atoms with Gasteiger partial charge in [-0.1, -0.05) is 36.4 Å². The molecule has 0 unspecified atom stereocenters.